The van der Waals surface area contributed by atoms with E-state index < -0.39 is 6.29 Å². The van der Waals surface area contributed by atoms with Crippen LogP contribution in [0, 0.1) is 0 Å². The normalized spacial score (nSPS) is 12.3. The molecule has 0 aliphatic carbocycles. The van der Waals surface area contributed by atoms with Gasteiger partial charge in [0.25, 0.3) is 0 Å². The smallest absolute Gasteiger partial charge is 0.197 e. The van der Waals surface area contributed by atoms with Crippen molar-refractivity contribution < 1.29 is 14.9 Å². The number of ether oxygens (including phenoxy) is 1. The van der Waals surface area contributed by atoms with Crippen LogP contribution in [0.15, 0.2) is 30.3 Å². The SMILES string of the molecule is OCCCCCCCCC(O)Oc1ccccc1. The third-order valence-electron chi connectivity index (χ3n) is 2.87. The van der Waals surface area contributed by atoms with E-state index in [0.29, 0.717) is 18.8 Å². The fraction of sp³-hybridized carbons (Fsp3) is 0.600. The van der Waals surface area contributed by atoms with E-state index in [1.165, 1.54) is 0 Å². The summed E-state index contributed by atoms with van der Waals surface area (Å²) in [4.78, 5) is 0. The van der Waals surface area contributed by atoms with Crippen LogP contribution in [0.4, 0.5) is 0 Å². The van der Waals surface area contributed by atoms with Crippen molar-refractivity contribution in [2.75, 3.05) is 6.61 Å². The van der Waals surface area contributed by atoms with Crippen LogP contribution >= 0.6 is 0 Å². The summed E-state index contributed by atoms with van der Waals surface area (Å²) in [5.41, 5.74) is 0. The predicted octanol–water partition coefficient (Wildman–Crippen LogP) is 3.11. The Hall–Kier alpha value is -1.06. The number of para-hydroxylation sites is 1. The third kappa shape index (κ3) is 7.30. The van der Waals surface area contributed by atoms with Crippen LogP contribution < -0.4 is 4.74 Å². The number of aliphatic hydroxyl groups is 2. The molecule has 3 heteroatoms. The third-order valence-corrected chi connectivity index (χ3v) is 2.87. The molecule has 0 aromatic heterocycles. The molecule has 2 N–H and O–H groups in total. The van der Waals surface area contributed by atoms with E-state index in [1.54, 1.807) is 0 Å². The highest BCUT2D eigenvalue weighted by atomic mass is 16.6. The van der Waals surface area contributed by atoms with E-state index in [9.17, 15) is 5.11 Å². The van der Waals surface area contributed by atoms with Crippen LogP contribution in [0.3, 0.4) is 0 Å². The van der Waals surface area contributed by atoms with E-state index in [1.807, 2.05) is 30.3 Å². The van der Waals surface area contributed by atoms with Gasteiger partial charge >= 0.3 is 0 Å². The molecule has 0 radical (unpaired) electrons. The van der Waals surface area contributed by atoms with Crippen molar-refractivity contribution in [2.24, 2.45) is 0 Å². The minimum Gasteiger partial charge on any atom is -0.465 e. The van der Waals surface area contributed by atoms with Gasteiger partial charge in [0.2, 0.25) is 0 Å². The standard InChI is InChI=1S/C15H24O3/c16-13-9-4-2-1-3-8-12-15(17)18-14-10-6-5-7-11-14/h5-7,10-11,15-17H,1-4,8-9,12-13H2. The summed E-state index contributed by atoms with van der Waals surface area (Å²) in [6, 6.07) is 9.40. The first-order valence-corrected chi connectivity index (χ1v) is 6.83. The second kappa shape index (κ2) is 9.92. The Morgan fingerprint density at radius 1 is 0.889 bits per heavy atom. The Kier molecular flexibility index (Phi) is 8.26. The van der Waals surface area contributed by atoms with E-state index in [4.69, 9.17) is 9.84 Å². The average molecular weight is 252 g/mol. The summed E-state index contributed by atoms with van der Waals surface area (Å²) in [7, 11) is 0. The van der Waals surface area contributed by atoms with Gasteiger partial charge in [-0.1, -0.05) is 43.9 Å². The molecule has 1 aromatic carbocycles. The average Bonchev–Trinajstić information content (AvgIpc) is 2.39. The van der Waals surface area contributed by atoms with E-state index >= 15 is 0 Å². The largest absolute Gasteiger partial charge is 0.465 e. The monoisotopic (exact) mass is 252 g/mol. The molecule has 1 rings (SSSR count). The first-order chi connectivity index (χ1) is 8.83. The Bertz CT molecular complexity index is 287. The number of hydrogen-bond donors (Lipinski definition) is 2. The molecule has 1 atom stereocenters. The molecule has 0 saturated heterocycles. The fourth-order valence-corrected chi connectivity index (χ4v) is 1.85. The molecule has 0 fully saturated rings. The molecular formula is C15H24O3. The molecule has 0 amide bonds. The maximum Gasteiger partial charge on any atom is 0.197 e. The Balaban J connectivity index is 1.99. The number of hydrogen-bond acceptors (Lipinski definition) is 3. The van der Waals surface area contributed by atoms with Crippen LogP contribution in [0.1, 0.15) is 44.9 Å². The van der Waals surface area contributed by atoms with E-state index in [-0.39, 0.29) is 0 Å². The molecule has 0 aliphatic heterocycles. The second-order valence-electron chi connectivity index (χ2n) is 4.52. The van der Waals surface area contributed by atoms with Crippen LogP contribution in [0.2, 0.25) is 0 Å². The molecule has 3 nitrogen and oxygen atoms in total. The molecular weight excluding hydrogens is 228 g/mol. The van der Waals surface area contributed by atoms with Crippen LogP contribution in [-0.2, 0) is 0 Å². The molecule has 18 heavy (non-hydrogen) atoms. The zero-order chi connectivity index (χ0) is 13.1. The van der Waals surface area contributed by atoms with Gasteiger partial charge in [-0.2, -0.15) is 0 Å². The lowest BCUT2D eigenvalue weighted by atomic mass is 10.1. The van der Waals surface area contributed by atoms with Gasteiger partial charge in [-0.3, -0.25) is 0 Å². The summed E-state index contributed by atoms with van der Waals surface area (Å²) in [6.45, 7) is 0.295. The molecule has 0 saturated carbocycles. The molecule has 0 aliphatic rings. The summed E-state index contributed by atoms with van der Waals surface area (Å²) in [5, 5.41) is 18.3. The zero-order valence-electron chi connectivity index (χ0n) is 10.9. The van der Waals surface area contributed by atoms with Gasteiger partial charge in [0, 0.05) is 13.0 Å². The molecule has 1 unspecified atom stereocenters. The zero-order valence-corrected chi connectivity index (χ0v) is 10.9. The van der Waals surface area contributed by atoms with Crippen LogP contribution in [0.25, 0.3) is 0 Å². The van der Waals surface area contributed by atoms with Gasteiger partial charge in [-0.25, -0.2) is 0 Å². The maximum atomic E-state index is 9.69. The van der Waals surface area contributed by atoms with Crippen molar-refractivity contribution in [3.05, 3.63) is 30.3 Å². The molecule has 102 valence electrons. The van der Waals surface area contributed by atoms with Crippen molar-refractivity contribution in [1.82, 2.24) is 0 Å². The van der Waals surface area contributed by atoms with Crippen LogP contribution in [-0.4, -0.2) is 23.1 Å². The van der Waals surface area contributed by atoms with Crippen molar-refractivity contribution in [3.8, 4) is 5.75 Å². The highest BCUT2D eigenvalue weighted by molar-refractivity contribution is 5.20. The first kappa shape index (κ1) is 15.0. The fourth-order valence-electron chi connectivity index (χ4n) is 1.85. The second-order valence-corrected chi connectivity index (χ2v) is 4.52. The molecule has 0 bridgehead atoms. The minimum absolute atomic E-state index is 0.295. The Labute approximate surface area is 109 Å². The van der Waals surface area contributed by atoms with Crippen LogP contribution in [0.5, 0.6) is 5.75 Å². The number of unbranched alkanes of at least 4 members (excludes halogenated alkanes) is 5. The van der Waals surface area contributed by atoms with Gasteiger partial charge in [0.1, 0.15) is 5.75 Å². The quantitative estimate of drug-likeness (QED) is 0.497. The predicted molar refractivity (Wildman–Crippen MR) is 72.5 cm³/mol. The van der Waals surface area contributed by atoms with Gasteiger partial charge in [-0.15, -0.1) is 0 Å². The van der Waals surface area contributed by atoms with Gasteiger partial charge in [0.05, 0.1) is 0 Å². The molecule has 0 heterocycles. The maximum absolute atomic E-state index is 9.69. The van der Waals surface area contributed by atoms with Crippen molar-refractivity contribution >= 4 is 0 Å². The number of rotatable bonds is 10. The summed E-state index contributed by atoms with van der Waals surface area (Å²) in [5.74, 6) is 0.716. The van der Waals surface area contributed by atoms with E-state index in [2.05, 4.69) is 0 Å². The number of aliphatic hydroxyl groups excluding tert-OH is 2. The van der Waals surface area contributed by atoms with Crippen molar-refractivity contribution in [2.45, 2.75) is 51.2 Å². The highest BCUT2D eigenvalue weighted by Gasteiger charge is 2.04. The lowest BCUT2D eigenvalue weighted by Gasteiger charge is -2.13. The van der Waals surface area contributed by atoms with Gasteiger partial charge in [0.15, 0.2) is 6.29 Å². The van der Waals surface area contributed by atoms with Crippen molar-refractivity contribution in [1.29, 1.82) is 0 Å². The minimum atomic E-state index is -0.704. The summed E-state index contributed by atoms with van der Waals surface area (Å²) in [6.07, 6.45) is 6.39. The molecule has 0 spiro atoms. The highest BCUT2D eigenvalue weighted by Crippen LogP contribution is 2.14. The lowest BCUT2D eigenvalue weighted by molar-refractivity contribution is -0.0246. The first-order valence-electron chi connectivity index (χ1n) is 6.83. The lowest BCUT2D eigenvalue weighted by Crippen LogP contribution is -2.15. The topological polar surface area (TPSA) is 49.7 Å². The van der Waals surface area contributed by atoms with Gasteiger partial charge < -0.3 is 14.9 Å². The Morgan fingerprint density at radius 2 is 1.50 bits per heavy atom. The summed E-state index contributed by atoms with van der Waals surface area (Å²) < 4.78 is 5.38. The Morgan fingerprint density at radius 3 is 2.17 bits per heavy atom. The molecule has 1 aromatic rings. The summed E-state index contributed by atoms with van der Waals surface area (Å²) >= 11 is 0. The van der Waals surface area contributed by atoms with E-state index in [0.717, 1.165) is 38.5 Å². The van der Waals surface area contributed by atoms with Gasteiger partial charge in [-0.05, 0) is 25.0 Å². The van der Waals surface area contributed by atoms with Crippen molar-refractivity contribution in [3.63, 3.8) is 0 Å². The number of benzene rings is 1.